The highest BCUT2D eigenvalue weighted by Crippen LogP contribution is 2.35. The Hall–Kier alpha value is -0.900. The lowest BCUT2D eigenvalue weighted by atomic mass is 9.74. The minimum Gasteiger partial charge on any atom is -0.313 e. The van der Waals surface area contributed by atoms with E-state index in [-0.39, 0.29) is 0 Å². The first-order chi connectivity index (χ1) is 10.1. The minimum atomic E-state index is 0.565. The lowest BCUT2D eigenvalue weighted by Crippen LogP contribution is -2.40. The van der Waals surface area contributed by atoms with Crippen molar-refractivity contribution in [3.8, 4) is 0 Å². The van der Waals surface area contributed by atoms with Crippen molar-refractivity contribution >= 4 is 0 Å². The highest BCUT2D eigenvalue weighted by atomic mass is 15.4. The molecule has 1 heterocycles. The van der Waals surface area contributed by atoms with Crippen molar-refractivity contribution < 1.29 is 0 Å². The lowest BCUT2D eigenvalue weighted by Gasteiger charge is -2.35. The first-order valence-corrected chi connectivity index (χ1v) is 8.68. The topological polar surface area (TPSA) is 42.7 Å². The van der Waals surface area contributed by atoms with Crippen LogP contribution in [0.5, 0.6) is 0 Å². The van der Waals surface area contributed by atoms with Gasteiger partial charge in [0, 0.05) is 25.7 Å². The van der Waals surface area contributed by atoms with E-state index < -0.39 is 0 Å². The predicted molar refractivity (Wildman–Crippen MR) is 87.1 cm³/mol. The Balaban J connectivity index is 1.93. The van der Waals surface area contributed by atoms with Gasteiger partial charge in [0.25, 0.3) is 0 Å². The van der Waals surface area contributed by atoms with Crippen LogP contribution in [0.15, 0.2) is 6.20 Å². The average molecular weight is 292 g/mol. The first kappa shape index (κ1) is 16.5. The largest absolute Gasteiger partial charge is 0.313 e. The number of hydrogen-bond donors (Lipinski definition) is 1. The Kier molecular flexibility index (Phi) is 6.22. The second kappa shape index (κ2) is 7.92. The number of nitrogens with one attached hydrogen (secondary N) is 1. The molecule has 1 aromatic heterocycles. The molecule has 1 atom stereocenters. The van der Waals surface area contributed by atoms with E-state index in [0.717, 1.165) is 36.4 Å². The monoisotopic (exact) mass is 292 g/mol. The van der Waals surface area contributed by atoms with E-state index >= 15 is 0 Å². The maximum Gasteiger partial charge on any atom is 0.0842 e. The van der Waals surface area contributed by atoms with E-state index in [1.807, 2.05) is 11.7 Å². The van der Waals surface area contributed by atoms with Crippen LogP contribution in [0.3, 0.4) is 0 Å². The summed E-state index contributed by atoms with van der Waals surface area (Å²) in [5, 5.41) is 12.1. The van der Waals surface area contributed by atoms with E-state index in [1.54, 1.807) is 0 Å². The number of hydrogen-bond acceptors (Lipinski definition) is 3. The number of nitrogens with zero attached hydrogens (tertiary/aromatic N) is 3. The highest BCUT2D eigenvalue weighted by molar-refractivity contribution is 4.98. The van der Waals surface area contributed by atoms with Crippen LogP contribution in [0.4, 0.5) is 0 Å². The summed E-state index contributed by atoms with van der Waals surface area (Å²) >= 11 is 0. The molecule has 1 N–H and O–H groups in total. The summed E-state index contributed by atoms with van der Waals surface area (Å²) < 4.78 is 1.81. The van der Waals surface area contributed by atoms with Crippen LogP contribution >= 0.6 is 0 Å². The molecule has 4 heteroatoms. The van der Waals surface area contributed by atoms with Crippen molar-refractivity contribution in [1.29, 1.82) is 0 Å². The molecule has 0 bridgehead atoms. The summed E-state index contributed by atoms with van der Waals surface area (Å²) in [6.07, 6.45) is 9.79. The number of rotatable bonds is 7. The fraction of sp³-hybridized carbons (Fsp3) is 0.882. The van der Waals surface area contributed by atoms with Crippen molar-refractivity contribution in [2.45, 2.75) is 65.3 Å². The average Bonchev–Trinajstić information content (AvgIpc) is 2.89. The van der Waals surface area contributed by atoms with Crippen LogP contribution in [0.2, 0.25) is 0 Å². The Morgan fingerprint density at radius 2 is 1.90 bits per heavy atom. The van der Waals surface area contributed by atoms with Gasteiger partial charge in [-0.05, 0) is 56.4 Å². The van der Waals surface area contributed by atoms with Gasteiger partial charge in [0.1, 0.15) is 0 Å². The van der Waals surface area contributed by atoms with Crippen LogP contribution in [-0.2, 0) is 13.5 Å². The van der Waals surface area contributed by atoms with E-state index in [0.29, 0.717) is 6.04 Å². The van der Waals surface area contributed by atoms with Crippen LogP contribution in [0, 0.1) is 17.8 Å². The second-order valence-corrected chi connectivity index (χ2v) is 7.07. The van der Waals surface area contributed by atoms with Gasteiger partial charge in [0.2, 0.25) is 0 Å². The second-order valence-electron chi connectivity index (χ2n) is 7.07. The van der Waals surface area contributed by atoms with Gasteiger partial charge in [0.05, 0.1) is 5.69 Å². The maximum atomic E-state index is 4.27. The maximum absolute atomic E-state index is 4.27. The quantitative estimate of drug-likeness (QED) is 0.839. The molecule has 1 aliphatic rings. The first-order valence-electron chi connectivity index (χ1n) is 8.68. The summed E-state index contributed by atoms with van der Waals surface area (Å²) in [6, 6.07) is 0.565. The molecule has 0 spiro atoms. The summed E-state index contributed by atoms with van der Waals surface area (Å²) in [7, 11) is 1.94. The molecule has 1 aliphatic carbocycles. The third-order valence-corrected chi connectivity index (χ3v) is 5.06. The summed E-state index contributed by atoms with van der Waals surface area (Å²) in [6.45, 7) is 8.09. The van der Waals surface area contributed by atoms with E-state index in [2.05, 4.69) is 42.6 Å². The smallest absolute Gasteiger partial charge is 0.0842 e. The molecule has 1 fully saturated rings. The van der Waals surface area contributed by atoms with Gasteiger partial charge in [-0.3, -0.25) is 4.68 Å². The summed E-state index contributed by atoms with van der Waals surface area (Å²) in [4.78, 5) is 0. The number of aryl methyl sites for hydroxylation is 1. The van der Waals surface area contributed by atoms with Gasteiger partial charge >= 0.3 is 0 Å². The van der Waals surface area contributed by atoms with Crippen molar-refractivity contribution in [2.75, 3.05) is 6.54 Å². The molecule has 4 nitrogen and oxygen atoms in total. The molecule has 0 amide bonds. The third kappa shape index (κ3) is 4.80. The molecule has 0 saturated heterocycles. The molecule has 1 saturated carbocycles. The standard InChI is InChI=1S/C17H32N4/c1-5-10-18-17(11-16-12-21(4)20-19-16)15-8-6-14(7-9-15)13(2)3/h12-15,17-18H,5-11H2,1-4H3. The Bertz CT molecular complexity index is 405. The predicted octanol–water partition coefficient (Wildman–Crippen LogP) is 3.19. The molecule has 2 rings (SSSR count). The molecule has 120 valence electrons. The molecular weight excluding hydrogens is 260 g/mol. The zero-order valence-electron chi connectivity index (χ0n) is 14.2. The van der Waals surface area contributed by atoms with Crippen molar-refractivity contribution in [1.82, 2.24) is 20.3 Å². The van der Waals surface area contributed by atoms with E-state index in [4.69, 9.17) is 0 Å². The van der Waals surface area contributed by atoms with Crippen molar-refractivity contribution in [3.05, 3.63) is 11.9 Å². The van der Waals surface area contributed by atoms with Crippen molar-refractivity contribution in [3.63, 3.8) is 0 Å². The van der Waals surface area contributed by atoms with Gasteiger partial charge in [0.15, 0.2) is 0 Å². The number of aromatic nitrogens is 3. The van der Waals surface area contributed by atoms with Gasteiger partial charge in [-0.25, -0.2) is 0 Å². The van der Waals surface area contributed by atoms with Gasteiger partial charge in [-0.15, -0.1) is 5.10 Å². The van der Waals surface area contributed by atoms with Gasteiger partial charge < -0.3 is 5.32 Å². The third-order valence-electron chi connectivity index (χ3n) is 5.06. The van der Waals surface area contributed by atoms with E-state index in [9.17, 15) is 0 Å². The molecule has 1 unspecified atom stereocenters. The fourth-order valence-corrected chi connectivity index (χ4v) is 3.66. The van der Waals surface area contributed by atoms with Crippen molar-refractivity contribution in [2.24, 2.45) is 24.8 Å². The van der Waals surface area contributed by atoms with Crippen LogP contribution in [-0.4, -0.2) is 27.6 Å². The molecule has 0 aliphatic heterocycles. The summed E-state index contributed by atoms with van der Waals surface area (Å²) in [5.41, 5.74) is 1.12. The van der Waals surface area contributed by atoms with Gasteiger partial charge in [-0.2, -0.15) is 0 Å². The van der Waals surface area contributed by atoms with Crippen LogP contribution in [0.25, 0.3) is 0 Å². The SMILES string of the molecule is CCCNC(Cc1cn(C)nn1)C1CCC(C(C)C)CC1. The van der Waals surface area contributed by atoms with E-state index in [1.165, 1.54) is 32.1 Å². The Morgan fingerprint density at radius 1 is 1.24 bits per heavy atom. The zero-order chi connectivity index (χ0) is 15.2. The molecule has 0 aromatic carbocycles. The Labute approximate surface area is 129 Å². The molecular formula is C17H32N4. The molecule has 0 radical (unpaired) electrons. The van der Waals surface area contributed by atoms with Crippen LogP contribution in [0.1, 0.15) is 58.6 Å². The fourth-order valence-electron chi connectivity index (χ4n) is 3.66. The van der Waals surface area contributed by atoms with Crippen LogP contribution < -0.4 is 5.32 Å². The lowest BCUT2D eigenvalue weighted by molar-refractivity contribution is 0.187. The zero-order valence-corrected chi connectivity index (χ0v) is 14.2. The summed E-state index contributed by atoms with van der Waals surface area (Å²) in [5.74, 6) is 2.58. The minimum absolute atomic E-state index is 0.565. The van der Waals surface area contributed by atoms with Gasteiger partial charge in [-0.1, -0.05) is 26.0 Å². The molecule has 21 heavy (non-hydrogen) atoms. The highest BCUT2D eigenvalue weighted by Gasteiger charge is 2.29. The Morgan fingerprint density at radius 3 is 2.43 bits per heavy atom. The molecule has 1 aromatic rings. The normalized spacial score (nSPS) is 24.4.